The van der Waals surface area contributed by atoms with E-state index in [0.717, 1.165) is 22.5 Å². The van der Waals surface area contributed by atoms with Gasteiger partial charge < -0.3 is 5.32 Å². The number of benzene rings is 2. The molecule has 3 rings (SSSR count). The van der Waals surface area contributed by atoms with Gasteiger partial charge in [0.1, 0.15) is 0 Å². The monoisotopic (exact) mass is 420 g/mol. The molecule has 0 atom stereocenters. The maximum absolute atomic E-state index is 12.6. The summed E-state index contributed by atoms with van der Waals surface area (Å²) in [6.07, 6.45) is 1.12. The number of nitrogens with zero attached hydrogens (tertiary/aromatic N) is 1. The van der Waals surface area contributed by atoms with Gasteiger partial charge in [0.05, 0.1) is 15.6 Å². The number of anilines is 1. The number of amides is 1. The Bertz CT molecular complexity index is 1090. The number of thiazole rings is 1. The molecule has 0 radical (unpaired) electrons. The Morgan fingerprint density at radius 1 is 1.19 bits per heavy atom. The first-order chi connectivity index (χ1) is 12.8. The molecule has 1 amide bonds. The van der Waals surface area contributed by atoms with Crippen LogP contribution >= 0.6 is 22.9 Å². The Hall–Kier alpha value is -2.22. The molecule has 0 spiro atoms. The number of aromatic nitrogens is 1. The largest absolute Gasteiger partial charge is 0.322 e. The first-order valence-corrected chi connectivity index (χ1v) is 11.3. The number of carbonyl (C=O) groups is 1. The van der Waals surface area contributed by atoms with E-state index in [-0.39, 0.29) is 16.7 Å². The summed E-state index contributed by atoms with van der Waals surface area (Å²) >= 11 is 7.49. The van der Waals surface area contributed by atoms with Gasteiger partial charge in [0, 0.05) is 34.3 Å². The molecule has 0 aliphatic rings. The van der Waals surface area contributed by atoms with Gasteiger partial charge in [-0.25, -0.2) is 13.4 Å². The first-order valence-electron chi connectivity index (χ1n) is 8.01. The standard InChI is InChI=1S/C19H17ClN2O3S2/c1-12-21-18(11-26-12)13-3-5-15(6-4-13)22-19(23)17-8-7-16(27(2,24)25)9-14(17)10-20/h3-9,11H,10H2,1-2H3,(H,22,23). The van der Waals surface area contributed by atoms with Crippen LogP contribution in [0.3, 0.4) is 0 Å². The average Bonchev–Trinajstić information content (AvgIpc) is 3.07. The summed E-state index contributed by atoms with van der Waals surface area (Å²) in [4.78, 5) is 17.2. The van der Waals surface area contributed by atoms with Crippen molar-refractivity contribution in [3.8, 4) is 11.3 Å². The minimum atomic E-state index is -3.36. The number of aryl methyl sites for hydroxylation is 1. The molecule has 3 aromatic rings. The van der Waals surface area contributed by atoms with Crippen LogP contribution in [-0.2, 0) is 15.7 Å². The highest BCUT2D eigenvalue weighted by molar-refractivity contribution is 7.90. The van der Waals surface area contributed by atoms with Gasteiger partial charge in [-0.05, 0) is 42.8 Å². The lowest BCUT2D eigenvalue weighted by Gasteiger charge is -2.10. The summed E-state index contributed by atoms with van der Waals surface area (Å²) in [5, 5.41) is 5.79. The van der Waals surface area contributed by atoms with Crippen molar-refractivity contribution in [2.45, 2.75) is 17.7 Å². The van der Waals surface area contributed by atoms with Crippen LogP contribution < -0.4 is 5.32 Å². The van der Waals surface area contributed by atoms with Gasteiger partial charge in [0.25, 0.3) is 5.91 Å². The van der Waals surface area contributed by atoms with Gasteiger partial charge in [-0.1, -0.05) is 12.1 Å². The molecule has 0 aliphatic heterocycles. The van der Waals surface area contributed by atoms with E-state index in [4.69, 9.17) is 11.6 Å². The Kier molecular flexibility index (Phi) is 5.64. The molecule has 2 aromatic carbocycles. The van der Waals surface area contributed by atoms with E-state index < -0.39 is 9.84 Å². The van der Waals surface area contributed by atoms with Crippen LogP contribution in [0.4, 0.5) is 5.69 Å². The van der Waals surface area contributed by atoms with Crippen LogP contribution in [0.15, 0.2) is 52.7 Å². The second-order valence-corrected chi connectivity index (χ2v) is 9.35. The highest BCUT2D eigenvalue weighted by atomic mass is 35.5. The molecule has 0 bridgehead atoms. The molecule has 1 aromatic heterocycles. The fraction of sp³-hybridized carbons (Fsp3) is 0.158. The van der Waals surface area contributed by atoms with Gasteiger partial charge >= 0.3 is 0 Å². The van der Waals surface area contributed by atoms with Crippen LogP contribution in [0.2, 0.25) is 0 Å². The lowest BCUT2D eigenvalue weighted by atomic mass is 10.1. The molecule has 0 saturated heterocycles. The van der Waals surface area contributed by atoms with E-state index in [1.165, 1.54) is 18.2 Å². The molecule has 0 unspecified atom stereocenters. The maximum atomic E-state index is 12.6. The van der Waals surface area contributed by atoms with E-state index in [9.17, 15) is 13.2 Å². The van der Waals surface area contributed by atoms with Gasteiger partial charge in [0.15, 0.2) is 9.84 Å². The summed E-state index contributed by atoms with van der Waals surface area (Å²) in [6.45, 7) is 1.95. The predicted octanol–water partition coefficient (Wildman–Crippen LogP) is 4.51. The highest BCUT2D eigenvalue weighted by Gasteiger charge is 2.15. The van der Waals surface area contributed by atoms with Crippen LogP contribution in [-0.4, -0.2) is 25.6 Å². The normalized spacial score (nSPS) is 11.4. The second kappa shape index (κ2) is 7.80. The van der Waals surface area contributed by atoms with Gasteiger partial charge in [-0.2, -0.15) is 0 Å². The number of sulfone groups is 1. The highest BCUT2D eigenvalue weighted by Crippen LogP contribution is 2.24. The molecule has 0 fully saturated rings. The smallest absolute Gasteiger partial charge is 0.255 e. The fourth-order valence-corrected chi connectivity index (χ4v) is 4.07. The number of carbonyl (C=O) groups excluding carboxylic acids is 1. The van der Waals surface area contributed by atoms with Crippen molar-refractivity contribution < 1.29 is 13.2 Å². The number of hydrogen-bond acceptors (Lipinski definition) is 5. The molecular formula is C19H17ClN2O3S2. The lowest BCUT2D eigenvalue weighted by Crippen LogP contribution is -2.14. The van der Waals surface area contributed by atoms with Crippen molar-refractivity contribution >= 4 is 44.4 Å². The first kappa shape index (κ1) is 19.5. The molecule has 27 heavy (non-hydrogen) atoms. The second-order valence-electron chi connectivity index (χ2n) is 6.01. The SMILES string of the molecule is Cc1nc(-c2ccc(NC(=O)c3ccc(S(C)(=O)=O)cc3CCl)cc2)cs1. The van der Waals surface area contributed by atoms with E-state index in [0.29, 0.717) is 16.8 Å². The quantitative estimate of drug-likeness (QED) is 0.616. The molecule has 1 N–H and O–H groups in total. The lowest BCUT2D eigenvalue weighted by molar-refractivity contribution is 0.102. The summed E-state index contributed by atoms with van der Waals surface area (Å²) in [7, 11) is -3.36. The van der Waals surface area contributed by atoms with Crippen LogP contribution in [0.1, 0.15) is 20.9 Å². The zero-order valence-electron chi connectivity index (χ0n) is 14.7. The average molecular weight is 421 g/mol. The zero-order valence-corrected chi connectivity index (χ0v) is 17.1. The topological polar surface area (TPSA) is 76.1 Å². The van der Waals surface area contributed by atoms with Crippen molar-refractivity contribution in [3.05, 3.63) is 64.0 Å². The molecule has 5 nitrogen and oxygen atoms in total. The summed E-state index contributed by atoms with van der Waals surface area (Å²) in [6, 6.07) is 11.7. The Balaban J connectivity index is 1.81. The molecular weight excluding hydrogens is 404 g/mol. The summed E-state index contributed by atoms with van der Waals surface area (Å²) < 4.78 is 23.4. The summed E-state index contributed by atoms with van der Waals surface area (Å²) in [5.74, 6) is -0.309. The fourth-order valence-electron chi connectivity index (χ4n) is 2.55. The molecule has 140 valence electrons. The van der Waals surface area contributed by atoms with Crippen molar-refractivity contribution in [3.63, 3.8) is 0 Å². The van der Waals surface area contributed by atoms with E-state index in [2.05, 4.69) is 10.3 Å². The van der Waals surface area contributed by atoms with Crippen LogP contribution in [0.25, 0.3) is 11.3 Å². The number of hydrogen-bond donors (Lipinski definition) is 1. The Labute approximate surface area is 167 Å². The number of rotatable bonds is 5. The molecule has 0 saturated carbocycles. The number of nitrogens with one attached hydrogen (secondary N) is 1. The van der Waals surface area contributed by atoms with E-state index >= 15 is 0 Å². The molecule has 1 heterocycles. The predicted molar refractivity (Wildman–Crippen MR) is 109 cm³/mol. The van der Waals surface area contributed by atoms with E-state index in [1.54, 1.807) is 23.5 Å². The maximum Gasteiger partial charge on any atom is 0.255 e. The van der Waals surface area contributed by atoms with Crippen molar-refractivity contribution in [1.82, 2.24) is 4.98 Å². The van der Waals surface area contributed by atoms with Crippen LogP contribution in [0.5, 0.6) is 0 Å². The number of halogens is 1. The minimum absolute atomic E-state index is 0.0359. The Morgan fingerprint density at radius 3 is 2.44 bits per heavy atom. The minimum Gasteiger partial charge on any atom is -0.322 e. The van der Waals surface area contributed by atoms with Gasteiger partial charge in [-0.3, -0.25) is 4.79 Å². The van der Waals surface area contributed by atoms with Crippen molar-refractivity contribution in [2.75, 3.05) is 11.6 Å². The molecule has 0 aliphatic carbocycles. The Morgan fingerprint density at radius 2 is 1.89 bits per heavy atom. The van der Waals surface area contributed by atoms with Gasteiger partial charge in [-0.15, -0.1) is 22.9 Å². The van der Waals surface area contributed by atoms with Crippen LogP contribution in [0, 0.1) is 6.92 Å². The number of alkyl halides is 1. The van der Waals surface area contributed by atoms with Gasteiger partial charge in [0.2, 0.25) is 0 Å². The van der Waals surface area contributed by atoms with E-state index in [1.807, 2.05) is 24.4 Å². The van der Waals surface area contributed by atoms with Crippen molar-refractivity contribution in [2.24, 2.45) is 0 Å². The molecule has 8 heteroatoms. The van der Waals surface area contributed by atoms with Crippen molar-refractivity contribution in [1.29, 1.82) is 0 Å². The summed E-state index contributed by atoms with van der Waals surface area (Å²) in [5.41, 5.74) is 3.30. The third-order valence-electron chi connectivity index (χ3n) is 3.95. The third-order valence-corrected chi connectivity index (χ3v) is 6.12. The zero-order chi connectivity index (χ0) is 19.6. The third kappa shape index (κ3) is 4.55.